The van der Waals surface area contributed by atoms with Gasteiger partial charge in [-0.1, -0.05) is 24.3 Å². The summed E-state index contributed by atoms with van der Waals surface area (Å²) < 4.78 is 11.2. The lowest BCUT2D eigenvalue weighted by atomic mass is 9.96. The molecule has 0 aromatic heterocycles. The van der Waals surface area contributed by atoms with Gasteiger partial charge in [-0.15, -0.1) is 0 Å². The summed E-state index contributed by atoms with van der Waals surface area (Å²) in [6.07, 6.45) is 1.63. The average molecular weight is 309 g/mol. The van der Waals surface area contributed by atoms with E-state index in [2.05, 4.69) is 6.07 Å². The number of rotatable bonds is 8. The van der Waals surface area contributed by atoms with Gasteiger partial charge in [0, 0.05) is 0 Å². The highest BCUT2D eigenvalue weighted by Gasteiger charge is 2.10. The molecule has 0 saturated carbocycles. The summed E-state index contributed by atoms with van der Waals surface area (Å²) in [6, 6.07) is 18.2. The number of nitrogens with zero attached hydrogens (tertiary/aromatic N) is 1. The van der Waals surface area contributed by atoms with Crippen LogP contribution in [0.5, 0.6) is 11.5 Å². The van der Waals surface area contributed by atoms with Gasteiger partial charge in [0.1, 0.15) is 11.5 Å². The smallest absolute Gasteiger partial charge is 0.119 e. The number of aryl methyl sites for hydroxylation is 1. The van der Waals surface area contributed by atoms with Crippen LogP contribution in [0.1, 0.15) is 36.8 Å². The summed E-state index contributed by atoms with van der Waals surface area (Å²) in [5, 5.41) is 9.38. The lowest BCUT2D eigenvalue weighted by Crippen LogP contribution is -2.02. The monoisotopic (exact) mass is 309 g/mol. The van der Waals surface area contributed by atoms with Crippen molar-refractivity contribution in [2.45, 2.75) is 32.6 Å². The van der Waals surface area contributed by atoms with Crippen molar-refractivity contribution in [2.24, 2.45) is 0 Å². The molecule has 3 nitrogen and oxygen atoms in total. The van der Waals surface area contributed by atoms with Gasteiger partial charge in [-0.05, 0) is 62.1 Å². The van der Waals surface area contributed by atoms with Crippen LogP contribution in [-0.4, -0.2) is 13.2 Å². The Morgan fingerprint density at radius 1 is 1.04 bits per heavy atom. The number of ether oxygens (including phenoxy) is 2. The van der Waals surface area contributed by atoms with Crippen LogP contribution in [0.3, 0.4) is 0 Å². The minimum atomic E-state index is -0.105. The van der Waals surface area contributed by atoms with Crippen LogP contribution in [0.25, 0.3) is 0 Å². The van der Waals surface area contributed by atoms with Crippen LogP contribution in [0.2, 0.25) is 0 Å². The van der Waals surface area contributed by atoms with Crippen molar-refractivity contribution >= 4 is 0 Å². The molecule has 0 heterocycles. The number of hydrogen-bond donors (Lipinski definition) is 0. The highest BCUT2D eigenvalue weighted by atomic mass is 16.5. The predicted molar refractivity (Wildman–Crippen MR) is 91.9 cm³/mol. The van der Waals surface area contributed by atoms with Gasteiger partial charge >= 0.3 is 0 Å². The lowest BCUT2D eigenvalue weighted by molar-refractivity contribution is 0.304. The molecular weight excluding hydrogens is 286 g/mol. The maximum atomic E-state index is 9.38. The van der Waals surface area contributed by atoms with Crippen molar-refractivity contribution in [1.82, 2.24) is 0 Å². The summed E-state index contributed by atoms with van der Waals surface area (Å²) in [5.74, 6) is 1.63. The number of hydrogen-bond acceptors (Lipinski definition) is 3. The Hall–Kier alpha value is -2.47. The van der Waals surface area contributed by atoms with Crippen LogP contribution in [0.15, 0.2) is 48.5 Å². The fourth-order valence-corrected chi connectivity index (χ4v) is 2.45. The van der Waals surface area contributed by atoms with E-state index >= 15 is 0 Å². The molecule has 1 atom stereocenters. The SMILES string of the molecule is CCOc1ccc(C(C#N)CCCOc2cccc(C)c2)cc1. The highest BCUT2D eigenvalue weighted by Crippen LogP contribution is 2.23. The van der Waals surface area contributed by atoms with E-state index in [1.165, 1.54) is 5.56 Å². The maximum absolute atomic E-state index is 9.38. The zero-order valence-electron chi connectivity index (χ0n) is 13.8. The van der Waals surface area contributed by atoms with E-state index in [0.717, 1.165) is 29.9 Å². The van der Waals surface area contributed by atoms with Crippen molar-refractivity contribution in [3.05, 3.63) is 59.7 Å². The van der Waals surface area contributed by atoms with Gasteiger partial charge in [-0.25, -0.2) is 0 Å². The molecule has 2 aromatic rings. The number of benzene rings is 2. The Kier molecular flexibility index (Phi) is 6.50. The summed E-state index contributed by atoms with van der Waals surface area (Å²) in [4.78, 5) is 0. The second kappa shape index (κ2) is 8.85. The zero-order chi connectivity index (χ0) is 16.5. The summed E-state index contributed by atoms with van der Waals surface area (Å²) >= 11 is 0. The summed E-state index contributed by atoms with van der Waals surface area (Å²) in [5.41, 5.74) is 2.22. The quantitative estimate of drug-likeness (QED) is 0.654. The van der Waals surface area contributed by atoms with E-state index in [0.29, 0.717) is 13.2 Å². The summed E-state index contributed by atoms with van der Waals surface area (Å²) in [6.45, 7) is 5.28. The molecule has 2 aromatic carbocycles. The first kappa shape index (κ1) is 16.9. The standard InChI is InChI=1S/C20H23NO2/c1-3-22-19-11-9-17(10-12-19)18(15-21)7-5-13-23-20-8-4-6-16(2)14-20/h4,6,8-12,14,18H,3,5,7,13H2,1-2H3. The lowest BCUT2D eigenvalue weighted by Gasteiger charge is -2.11. The Morgan fingerprint density at radius 2 is 1.83 bits per heavy atom. The topological polar surface area (TPSA) is 42.2 Å². The first-order chi connectivity index (χ1) is 11.2. The van der Waals surface area contributed by atoms with Crippen LogP contribution < -0.4 is 9.47 Å². The second-order valence-corrected chi connectivity index (χ2v) is 5.49. The molecule has 0 saturated heterocycles. The van der Waals surface area contributed by atoms with Crippen LogP contribution in [-0.2, 0) is 0 Å². The molecule has 3 heteroatoms. The largest absolute Gasteiger partial charge is 0.494 e. The molecule has 0 aliphatic rings. The first-order valence-corrected chi connectivity index (χ1v) is 8.04. The van der Waals surface area contributed by atoms with Crippen molar-refractivity contribution in [3.8, 4) is 17.6 Å². The molecule has 23 heavy (non-hydrogen) atoms. The van der Waals surface area contributed by atoms with Crippen LogP contribution in [0, 0.1) is 18.3 Å². The van der Waals surface area contributed by atoms with Gasteiger partial charge in [0.25, 0.3) is 0 Å². The van der Waals surface area contributed by atoms with Gasteiger partial charge in [0.05, 0.1) is 25.2 Å². The van der Waals surface area contributed by atoms with E-state index in [9.17, 15) is 5.26 Å². The van der Waals surface area contributed by atoms with Gasteiger partial charge in [0.2, 0.25) is 0 Å². The van der Waals surface area contributed by atoms with Crippen molar-refractivity contribution in [3.63, 3.8) is 0 Å². The predicted octanol–water partition coefficient (Wildman–Crippen LogP) is 4.86. The van der Waals surface area contributed by atoms with Gasteiger partial charge < -0.3 is 9.47 Å². The van der Waals surface area contributed by atoms with Crippen molar-refractivity contribution in [2.75, 3.05) is 13.2 Å². The molecule has 2 rings (SSSR count). The fraction of sp³-hybridized carbons (Fsp3) is 0.350. The van der Waals surface area contributed by atoms with Crippen LogP contribution in [0.4, 0.5) is 0 Å². The Labute approximate surface area is 138 Å². The molecule has 120 valence electrons. The molecule has 0 amide bonds. The molecule has 0 bridgehead atoms. The van der Waals surface area contributed by atoms with Gasteiger partial charge in [-0.3, -0.25) is 0 Å². The fourth-order valence-electron chi connectivity index (χ4n) is 2.45. The number of nitriles is 1. The third-order valence-electron chi connectivity index (χ3n) is 3.64. The highest BCUT2D eigenvalue weighted by molar-refractivity contribution is 5.32. The van der Waals surface area contributed by atoms with Crippen LogP contribution >= 0.6 is 0 Å². The molecular formula is C20H23NO2. The molecule has 0 N–H and O–H groups in total. The molecule has 0 fully saturated rings. The minimum Gasteiger partial charge on any atom is -0.494 e. The average Bonchev–Trinajstić information content (AvgIpc) is 2.56. The Bertz CT molecular complexity index is 643. The molecule has 0 aliphatic heterocycles. The zero-order valence-corrected chi connectivity index (χ0v) is 13.8. The summed E-state index contributed by atoms with van der Waals surface area (Å²) in [7, 11) is 0. The normalized spacial score (nSPS) is 11.5. The third-order valence-corrected chi connectivity index (χ3v) is 3.64. The van der Waals surface area contributed by atoms with Crippen molar-refractivity contribution in [1.29, 1.82) is 5.26 Å². The molecule has 0 radical (unpaired) electrons. The Balaban J connectivity index is 1.82. The van der Waals surface area contributed by atoms with E-state index < -0.39 is 0 Å². The minimum absolute atomic E-state index is 0.105. The van der Waals surface area contributed by atoms with Crippen molar-refractivity contribution < 1.29 is 9.47 Å². The maximum Gasteiger partial charge on any atom is 0.119 e. The molecule has 0 aliphatic carbocycles. The van der Waals surface area contributed by atoms with E-state index in [1.54, 1.807) is 0 Å². The Morgan fingerprint density at radius 3 is 2.48 bits per heavy atom. The first-order valence-electron chi connectivity index (χ1n) is 8.04. The van der Waals surface area contributed by atoms with E-state index in [1.807, 2.05) is 62.4 Å². The van der Waals surface area contributed by atoms with E-state index in [-0.39, 0.29) is 5.92 Å². The van der Waals surface area contributed by atoms with Gasteiger partial charge in [0.15, 0.2) is 0 Å². The second-order valence-electron chi connectivity index (χ2n) is 5.49. The molecule has 1 unspecified atom stereocenters. The molecule has 0 spiro atoms. The van der Waals surface area contributed by atoms with E-state index in [4.69, 9.17) is 9.47 Å². The van der Waals surface area contributed by atoms with Gasteiger partial charge in [-0.2, -0.15) is 5.26 Å². The third kappa shape index (κ3) is 5.34.